The van der Waals surface area contributed by atoms with Crippen molar-refractivity contribution in [2.45, 2.75) is 19.4 Å². The first-order chi connectivity index (χ1) is 13.6. The Labute approximate surface area is 163 Å². The molecule has 1 atom stereocenters. The maximum Gasteiger partial charge on any atom is 0.375 e. The molecule has 6 heteroatoms. The summed E-state index contributed by atoms with van der Waals surface area (Å²) in [5.41, 5.74) is 2.31. The molecule has 0 aliphatic carbocycles. The molecule has 0 fully saturated rings. The minimum absolute atomic E-state index is 0.0634. The topological polar surface area (TPSA) is 77.8 Å². The lowest BCUT2D eigenvalue weighted by molar-refractivity contribution is -0.124. The van der Waals surface area contributed by atoms with Crippen molar-refractivity contribution in [2.24, 2.45) is 0 Å². The molecule has 28 heavy (non-hydrogen) atoms. The fourth-order valence-electron chi connectivity index (χ4n) is 2.97. The Morgan fingerprint density at radius 3 is 2.54 bits per heavy atom. The Bertz CT molecular complexity index is 948. The molecule has 0 aliphatic heterocycles. The minimum atomic E-state index is -0.686. The van der Waals surface area contributed by atoms with Crippen molar-refractivity contribution in [3.63, 3.8) is 0 Å². The molecule has 1 heterocycles. The van der Waals surface area contributed by atoms with Crippen LogP contribution in [0.3, 0.4) is 0 Å². The third kappa shape index (κ3) is 4.58. The van der Waals surface area contributed by atoms with E-state index in [2.05, 4.69) is 5.32 Å². The van der Waals surface area contributed by atoms with E-state index >= 15 is 0 Å². The monoisotopic (exact) mass is 381 g/mol. The van der Waals surface area contributed by atoms with Crippen molar-refractivity contribution >= 4 is 22.8 Å². The van der Waals surface area contributed by atoms with Crippen LogP contribution in [0.1, 0.15) is 34.5 Å². The van der Waals surface area contributed by atoms with Gasteiger partial charge in [-0.2, -0.15) is 0 Å². The van der Waals surface area contributed by atoms with Gasteiger partial charge in [-0.3, -0.25) is 4.79 Å². The summed E-state index contributed by atoms with van der Waals surface area (Å²) in [5, 5.41) is 3.57. The van der Waals surface area contributed by atoms with Crippen LogP contribution in [0, 0.1) is 0 Å². The zero-order valence-electron chi connectivity index (χ0n) is 15.9. The maximum atomic E-state index is 12.4. The summed E-state index contributed by atoms with van der Waals surface area (Å²) in [5.74, 6) is -0.826. The van der Waals surface area contributed by atoms with Crippen molar-refractivity contribution < 1.29 is 23.5 Å². The molecule has 0 aliphatic rings. The van der Waals surface area contributed by atoms with Crippen LogP contribution < -0.4 is 5.32 Å². The standard InChI is InChI=1S/C22H23NO5/c1-15(16-8-4-3-5-9-16)12-23-20(24)14-27-22(25)21-18(13-26-2)17-10-6-7-11-19(17)28-21/h3-11,15H,12-14H2,1-2H3,(H,23,24)/t15-/m1/s1. The van der Waals surface area contributed by atoms with E-state index in [0.717, 1.165) is 10.9 Å². The third-order valence-corrected chi connectivity index (χ3v) is 4.48. The van der Waals surface area contributed by atoms with Crippen LogP contribution in [0.2, 0.25) is 0 Å². The average Bonchev–Trinajstić information content (AvgIpc) is 3.10. The number of ether oxygens (including phenoxy) is 2. The lowest BCUT2D eigenvalue weighted by atomic mass is 10.0. The fourth-order valence-corrected chi connectivity index (χ4v) is 2.97. The molecular formula is C22H23NO5. The van der Waals surface area contributed by atoms with Crippen LogP contribution in [-0.2, 0) is 20.9 Å². The highest BCUT2D eigenvalue weighted by molar-refractivity contribution is 5.96. The fraction of sp³-hybridized carbons (Fsp3) is 0.273. The normalized spacial score (nSPS) is 11.9. The molecule has 3 rings (SSSR count). The number of esters is 1. The van der Waals surface area contributed by atoms with Crippen molar-refractivity contribution in [3.8, 4) is 0 Å². The number of benzene rings is 2. The molecule has 0 radical (unpaired) electrons. The Hall–Kier alpha value is -3.12. The van der Waals surface area contributed by atoms with E-state index in [0.29, 0.717) is 17.7 Å². The molecule has 6 nitrogen and oxygen atoms in total. The molecule has 0 bridgehead atoms. The van der Waals surface area contributed by atoms with Gasteiger partial charge in [-0.1, -0.05) is 55.5 Å². The van der Waals surface area contributed by atoms with Gasteiger partial charge in [0.25, 0.3) is 5.91 Å². The Morgan fingerprint density at radius 1 is 1.07 bits per heavy atom. The van der Waals surface area contributed by atoms with Gasteiger partial charge in [0.05, 0.1) is 6.61 Å². The highest BCUT2D eigenvalue weighted by atomic mass is 16.5. The number of carbonyl (C=O) groups is 2. The van der Waals surface area contributed by atoms with Crippen molar-refractivity contribution in [3.05, 3.63) is 71.5 Å². The first-order valence-corrected chi connectivity index (χ1v) is 9.08. The summed E-state index contributed by atoms with van der Waals surface area (Å²) in [6.45, 7) is 2.32. The van der Waals surface area contributed by atoms with E-state index in [1.807, 2.05) is 55.5 Å². The number of furan rings is 1. The number of rotatable bonds is 8. The molecular weight excluding hydrogens is 358 g/mol. The molecule has 146 valence electrons. The lowest BCUT2D eigenvalue weighted by Gasteiger charge is -2.13. The molecule has 1 N–H and O–H groups in total. The van der Waals surface area contributed by atoms with Crippen molar-refractivity contribution in [2.75, 3.05) is 20.3 Å². The molecule has 0 saturated heterocycles. The summed E-state index contributed by atoms with van der Waals surface area (Å²) < 4.78 is 15.9. The summed E-state index contributed by atoms with van der Waals surface area (Å²) in [7, 11) is 1.54. The van der Waals surface area contributed by atoms with Crippen LogP contribution in [-0.4, -0.2) is 32.1 Å². The van der Waals surface area contributed by atoms with E-state index < -0.39 is 5.97 Å². The second kappa shape index (κ2) is 9.19. The van der Waals surface area contributed by atoms with Crippen LogP contribution in [0.15, 0.2) is 59.0 Å². The molecule has 1 aromatic heterocycles. The first kappa shape index (κ1) is 19.6. The van der Waals surface area contributed by atoms with Crippen LogP contribution in [0.25, 0.3) is 11.0 Å². The van der Waals surface area contributed by atoms with Crippen LogP contribution in [0.4, 0.5) is 0 Å². The predicted molar refractivity (Wildman–Crippen MR) is 105 cm³/mol. The predicted octanol–water partition coefficient (Wildman–Crippen LogP) is 3.66. The molecule has 0 spiro atoms. The summed E-state index contributed by atoms with van der Waals surface area (Å²) in [4.78, 5) is 24.5. The van der Waals surface area contributed by atoms with Gasteiger partial charge in [0.1, 0.15) is 5.58 Å². The van der Waals surface area contributed by atoms with Crippen molar-refractivity contribution in [1.29, 1.82) is 0 Å². The van der Waals surface area contributed by atoms with Gasteiger partial charge in [0.2, 0.25) is 5.76 Å². The average molecular weight is 381 g/mol. The Balaban J connectivity index is 1.57. The molecule has 0 saturated carbocycles. The molecule has 0 unspecified atom stereocenters. The SMILES string of the molecule is COCc1c(C(=O)OCC(=O)NC[C@@H](C)c2ccccc2)oc2ccccc12. The largest absolute Gasteiger partial charge is 0.450 e. The van der Waals surface area contributed by atoms with E-state index in [1.165, 1.54) is 7.11 Å². The van der Waals surface area contributed by atoms with E-state index in [9.17, 15) is 9.59 Å². The van der Waals surface area contributed by atoms with Gasteiger partial charge < -0.3 is 19.2 Å². The number of carbonyl (C=O) groups excluding carboxylic acids is 2. The number of fused-ring (bicyclic) bond motifs is 1. The van der Waals surface area contributed by atoms with E-state index in [1.54, 1.807) is 6.07 Å². The highest BCUT2D eigenvalue weighted by Crippen LogP contribution is 2.27. The van der Waals surface area contributed by atoms with Gasteiger partial charge >= 0.3 is 5.97 Å². The van der Waals surface area contributed by atoms with E-state index in [4.69, 9.17) is 13.9 Å². The van der Waals surface area contributed by atoms with Crippen LogP contribution in [0.5, 0.6) is 0 Å². The second-order valence-corrected chi connectivity index (χ2v) is 6.53. The van der Waals surface area contributed by atoms with E-state index in [-0.39, 0.29) is 30.8 Å². The third-order valence-electron chi connectivity index (χ3n) is 4.48. The highest BCUT2D eigenvalue weighted by Gasteiger charge is 2.22. The summed E-state index contributed by atoms with van der Waals surface area (Å²) in [6, 6.07) is 17.2. The maximum absolute atomic E-state index is 12.4. The molecule has 2 aromatic carbocycles. The number of hydrogen-bond acceptors (Lipinski definition) is 5. The number of nitrogens with one attached hydrogen (secondary N) is 1. The Kier molecular flexibility index (Phi) is 6.45. The second-order valence-electron chi connectivity index (χ2n) is 6.53. The van der Waals surface area contributed by atoms with Gasteiger partial charge in [-0.15, -0.1) is 0 Å². The molecule has 3 aromatic rings. The lowest BCUT2D eigenvalue weighted by Crippen LogP contribution is -2.31. The summed E-state index contributed by atoms with van der Waals surface area (Å²) >= 11 is 0. The number of methoxy groups -OCH3 is 1. The number of hydrogen-bond donors (Lipinski definition) is 1. The smallest absolute Gasteiger partial charge is 0.375 e. The quantitative estimate of drug-likeness (QED) is 0.603. The van der Waals surface area contributed by atoms with Gasteiger partial charge in [-0.05, 0) is 17.5 Å². The zero-order valence-corrected chi connectivity index (χ0v) is 15.9. The number of para-hydroxylation sites is 1. The van der Waals surface area contributed by atoms with Gasteiger partial charge in [0, 0.05) is 24.6 Å². The summed E-state index contributed by atoms with van der Waals surface area (Å²) in [6.07, 6.45) is 0. The van der Waals surface area contributed by atoms with Gasteiger partial charge in [0.15, 0.2) is 6.61 Å². The van der Waals surface area contributed by atoms with Crippen LogP contribution >= 0.6 is 0 Å². The Morgan fingerprint density at radius 2 is 1.79 bits per heavy atom. The van der Waals surface area contributed by atoms with Gasteiger partial charge in [-0.25, -0.2) is 4.79 Å². The van der Waals surface area contributed by atoms with Crippen molar-refractivity contribution in [1.82, 2.24) is 5.32 Å². The number of amides is 1. The minimum Gasteiger partial charge on any atom is -0.450 e. The first-order valence-electron chi connectivity index (χ1n) is 9.08. The molecule has 1 amide bonds. The zero-order chi connectivity index (χ0) is 19.9.